The highest BCUT2D eigenvalue weighted by Gasteiger charge is 2.56. The fourth-order valence-corrected chi connectivity index (χ4v) is 5.14. The van der Waals surface area contributed by atoms with E-state index in [0.717, 1.165) is 36.6 Å². The van der Waals surface area contributed by atoms with Gasteiger partial charge in [-0.05, 0) is 79.8 Å². The molecule has 0 unspecified atom stereocenters. The van der Waals surface area contributed by atoms with Gasteiger partial charge in [0.15, 0.2) is 0 Å². The number of hydrogen-bond donors (Lipinski definition) is 3. The molecule has 0 radical (unpaired) electrons. The molecule has 230 valence electrons. The van der Waals surface area contributed by atoms with Crippen LogP contribution in [0.2, 0.25) is 5.02 Å². The first-order valence-corrected chi connectivity index (χ1v) is 14.1. The highest BCUT2D eigenvalue weighted by Crippen LogP contribution is 2.43. The number of hydrogen-bond acceptors (Lipinski definition) is 6. The molecule has 0 spiro atoms. The molecule has 4 aromatic rings. The van der Waals surface area contributed by atoms with E-state index in [9.17, 15) is 32.3 Å². The number of benzene rings is 2. The summed E-state index contributed by atoms with van der Waals surface area (Å²) in [5.74, 6) is -2.12. The van der Waals surface area contributed by atoms with E-state index in [1.54, 1.807) is 13.1 Å². The zero-order valence-corrected chi connectivity index (χ0v) is 24.1. The number of nitrogens with two attached hydrogens (primary N) is 1. The lowest BCUT2D eigenvalue weighted by atomic mass is 9.93. The summed E-state index contributed by atoms with van der Waals surface area (Å²) in [6.45, 7) is 0.317. The van der Waals surface area contributed by atoms with E-state index in [2.05, 4.69) is 15.3 Å². The number of carbonyl (C=O) groups is 2. The van der Waals surface area contributed by atoms with Crippen LogP contribution in [0.1, 0.15) is 52.9 Å². The Morgan fingerprint density at radius 3 is 2.45 bits per heavy atom. The van der Waals surface area contributed by atoms with Crippen molar-refractivity contribution >= 4 is 34.3 Å². The van der Waals surface area contributed by atoms with Gasteiger partial charge in [0.2, 0.25) is 11.5 Å². The van der Waals surface area contributed by atoms with Crippen LogP contribution in [0.25, 0.3) is 22.2 Å². The van der Waals surface area contributed by atoms with Crippen molar-refractivity contribution in [3.8, 4) is 17.0 Å². The molecule has 2 aromatic carbocycles. The Morgan fingerprint density at radius 2 is 1.84 bits per heavy atom. The molecule has 5 rings (SSSR count). The lowest BCUT2D eigenvalue weighted by Crippen LogP contribution is -2.51. The number of pyridine rings is 2. The monoisotopic (exact) mass is 630 g/mol. The molecule has 13 heteroatoms. The lowest BCUT2D eigenvalue weighted by Gasteiger charge is -2.31. The van der Waals surface area contributed by atoms with Crippen molar-refractivity contribution in [1.82, 2.24) is 15.3 Å². The maximum atomic E-state index is 14.6. The molecule has 1 saturated carbocycles. The molecule has 4 N–H and O–H groups in total. The third kappa shape index (κ3) is 6.31. The number of aromatic nitrogens is 2. The average Bonchev–Trinajstić information content (AvgIpc) is 3.81. The summed E-state index contributed by atoms with van der Waals surface area (Å²) in [6, 6.07) is 10.1. The molecule has 1 fully saturated rings. The number of fused-ring (bicyclic) bond motifs is 1. The number of ether oxygens (including phenoxy) is 1. The Morgan fingerprint density at radius 1 is 1.14 bits per heavy atom. The topological polar surface area (TPSA) is 127 Å². The van der Waals surface area contributed by atoms with Crippen LogP contribution in [-0.2, 0) is 16.8 Å². The van der Waals surface area contributed by atoms with Gasteiger partial charge in [-0.3, -0.25) is 14.6 Å². The smallest absolute Gasteiger partial charge is 0.424 e. The number of aliphatic hydroxyl groups is 1. The number of amides is 2. The number of halogens is 5. The van der Waals surface area contributed by atoms with Crippen molar-refractivity contribution in [3.63, 3.8) is 0 Å². The summed E-state index contributed by atoms with van der Waals surface area (Å²) >= 11 is 6.34. The van der Waals surface area contributed by atoms with Gasteiger partial charge >= 0.3 is 6.18 Å². The van der Waals surface area contributed by atoms with E-state index in [1.807, 2.05) is 6.07 Å². The van der Waals surface area contributed by atoms with Gasteiger partial charge in [0, 0.05) is 28.3 Å². The third-order valence-electron chi connectivity index (χ3n) is 7.29. The summed E-state index contributed by atoms with van der Waals surface area (Å²) < 4.78 is 63.2. The van der Waals surface area contributed by atoms with E-state index < -0.39 is 48.1 Å². The van der Waals surface area contributed by atoms with E-state index >= 15 is 0 Å². The zero-order valence-electron chi connectivity index (χ0n) is 23.3. The molecule has 44 heavy (non-hydrogen) atoms. The van der Waals surface area contributed by atoms with Crippen LogP contribution in [0.15, 0.2) is 54.7 Å². The predicted molar refractivity (Wildman–Crippen MR) is 155 cm³/mol. The third-order valence-corrected chi connectivity index (χ3v) is 7.58. The van der Waals surface area contributed by atoms with E-state index in [1.165, 1.54) is 24.3 Å². The average molecular weight is 631 g/mol. The molecule has 0 saturated heterocycles. The Labute approximate surface area is 254 Å². The Hall–Kier alpha value is -4.29. The Bertz CT molecular complexity index is 1750. The second kappa shape index (κ2) is 12.0. The Kier molecular flexibility index (Phi) is 8.50. The van der Waals surface area contributed by atoms with Gasteiger partial charge in [0.25, 0.3) is 5.91 Å². The van der Waals surface area contributed by atoms with Gasteiger partial charge in [0.05, 0.1) is 35.8 Å². The highest BCUT2D eigenvalue weighted by molar-refractivity contribution is 6.35. The normalized spacial score (nSPS) is 14.7. The van der Waals surface area contributed by atoms with Crippen LogP contribution in [0.5, 0.6) is 5.75 Å². The molecule has 8 nitrogen and oxygen atoms in total. The van der Waals surface area contributed by atoms with Gasteiger partial charge in [-0.25, -0.2) is 9.37 Å². The molecule has 2 aromatic heterocycles. The van der Waals surface area contributed by atoms with E-state index in [0.29, 0.717) is 16.8 Å². The summed E-state index contributed by atoms with van der Waals surface area (Å²) in [6.07, 6.45) is -2.16. The van der Waals surface area contributed by atoms with Gasteiger partial charge in [-0.2, -0.15) is 13.2 Å². The molecular formula is C31H27ClF4N4O4. The van der Waals surface area contributed by atoms with E-state index in [-0.39, 0.29) is 39.8 Å². The summed E-state index contributed by atoms with van der Waals surface area (Å²) in [5, 5.41) is 14.0. The number of rotatable bonds is 10. The molecular weight excluding hydrogens is 604 g/mol. The summed E-state index contributed by atoms with van der Waals surface area (Å²) in [4.78, 5) is 33.5. The molecule has 2 heterocycles. The van der Waals surface area contributed by atoms with Crippen LogP contribution < -0.4 is 15.8 Å². The van der Waals surface area contributed by atoms with Crippen LogP contribution in [0.4, 0.5) is 17.6 Å². The van der Waals surface area contributed by atoms with Crippen molar-refractivity contribution < 1.29 is 37.0 Å². The van der Waals surface area contributed by atoms with Crippen LogP contribution in [-0.4, -0.2) is 46.2 Å². The lowest BCUT2D eigenvalue weighted by molar-refractivity contribution is -0.265. The molecule has 2 amide bonds. The maximum Gasteiger partial charge on any atom is 0.424 e. The highest BCUT2D eigenvalue weighted by atomic mass is 35.5. The largest absolute Gasteiger partial charge is 0.491 e. The second-order valence-electron chi connectivity index (χ2n) is 10.5. The van der Waals surface area contributed by atoms with Crippen molar-refractivity contribution in [2.24, 2.45) is 5.73 Å². The predicted octanol–water partition coefficient (Wildman–Crippen LogP) is 5.57. The fraction of sp³-hybridized carbons (Fsp3) is 0.290. The minimum absolute atomic E-state index is 0.0390. The first kappa shape index (κ1) is 31.1. The minimum Gasteiger partial charge on any atom is -0.491 e. The minimum atomic E-state index is -5.35. The quantitative estimate of drug-likeness (QED) is 0.197. The summed E-state index contributed by atoms with van der Waals surface area (Å²) in [7, 11) is 0. The maximum absolute atomic E-state index is 14.6. The number of primary amides is 1. The molecule has 1 atom stereocenters. The van der Waals surface area contributed by atoms with Crippen molar-refractivity contribution in [2.45, 2.75) is 43.9 Å². The summed E-state index contributed by atoms with van der Waals surface area (Å²) in [5.41, 5.74) is 1.96. The van der Waals surface area contributed by atoms with Gasteiger partial charge in [-0.1, -0.05) is 11.6 Å². The van der Waals surface area contributed by atoms with Crippen LogP contribution in [0, 0.1) is 5.82 Å². The number of carbonyl (C=O) groups excluding carboxylic acids is 2. The van der Waals surface area contributed by atoms with Crippen LogP contribution in [0.3, 0.4) is 0 Å². The number of nitrogens with zero attached hydrogens (tertiary/aromatic N) is 2. The van der Waals surface area contributed by atoms with E-state index in [4.69, 9.17) is 22.1 Å². The first-order chi connectivity index (χ1) is 20.8. The van der Waals surface area contributed by atoms with Gasteiger partial charge in [-0.15, -0.1) is 0 Å². The number of nitrogens with one attached hydrogen (secondary N) is 1. The van der Waals surface area contributed by atoms with Gasteiger partial charge in [0.1, 0.15) is 17.3 Å². The molecule has 1 aliphatic rings. The van der Waals surface area contributed by atoms with Crippen molar-refractivity contribution in [2.75, 3.05) is 13.2 Å². The molecule has 1 aliphatic carbocycles. The molecule has 0 bridgehead atoms. The van der Waals surface area contributed by atoms with Crippen molar-refractivity contribution in [1.29, 1.82) is 0 Å². The zero-order chi connectivity index (χ0) is 31.8. The van der Waals surface area contributed by atoms with Crippen molar-refractivity contribution in [3.05, 3.63) is 88.0 Å². The second-order valence-corrected chi connectivity index (χ2v) is 10.9. The van der Waals surface area contributed by atoms with Crippen LogP contribution >= 0.6 is 11.6 Å². The van der Waals surface area contributed by atoms with Gasteiger partial charge < -0.3 is 20.9 Å². The Balaban J connectivity index is 1.54. The first-order valence-electron chi connectivity index (χ1n) is 13.7. The molecule has 0 aliphatic heterocycles. The SMILES string of the molecule is CCOc1c(CC(N)=O)cc([C@@](O)(CNC(=O)c2cc(Cl)c3ncc(C4CC4)cc3c2)C(F)(F)F)nc1-c1ccc(F)cc1. The fourth-order valence-electron chi connectivity index (χ4n) is 4.87. The standard InChI is InChI=1S/C31H27ClF4N4O4/c1-2-44-28-19(13-25(37)41)12-24(40-27(28)17-5-7-22(33)8-6-17)30(43,31(34,35)36)15-39-29(42)20-9-18-10-21(16-3-4-16)14-38-26(18)23(32)11-20/h5-12,14,16,43H,2-4,13,15H2,1H3,(H2,37,41)(H,39,42)/t30-/m0/s1. The number of alkyl halides is 3.